The standard InChI is InChI=1S/C9H12N/c1-3-8-5-9(4-2)7-10-6-8/h6-7H,3-4H2,1-2H3. The first kappa shape index (κ1) is 7.26. The minimum Gasteiger partial charge on any atom is -0.264 e. The fraction of sp³-hybridized carbons (Fsp3) is 0.444. The smallest absolute Gasteiger partial charge is 0.0306 e. The van der Waals surface area contributed by atoms with Gasteiger partial charge in [-0.25, -0.2) is 0 Å². The van der Waals surface area contributed by atoms with E-state index in [2.05, 4.69) is 24.9 Å². The van der Waals surface area contributed by atoms with Crippen molar-refractivity contribution in [3.63, 3.8) is 0 Å². The van der Waals surface area contributed by atoms with Gasteiger partial charge in [0.25, 0.3) is 0 Å². The highest BCUT2D eigenvalue weighted by atomic mass is 14.6. The molecule has 1 radical (unpaired) electrons. The van der Waals surface area contributed by atoms with Gasteiger partial charge in [-0.05, 0) is 30.0 Å². The van der Waals surface area contributed by atoms with Crippen LogP contribution in [-0.2, 0) is 12.8 Å². The molecule has 1 rings (SSSR count). The lowest BCUT2D eigenvalue weighted by molar-refractivity contribution is 1.04. The molecule has 10 heavy (non-hydrogen) atoms. The quantitative estimate of drug-likeness (QED) is 0.603. The number of aromatic nitrogens is 1. The van der Waals surface area contributed by atoms with Gasteiger partial charge >= 0.3 is 0 Å². The molecule has 0 amide bonds. The van der Waals surface area contributed by atoms with Crippen molar-refractivity contribution >= 4 is 0 Å². The summed E-state index contributed by atoms with van der Waals surface area (Å²) in [5.74, 6) is 0. The summed E-state index contributed by atoms with van der Waals surface area (Å²) in [6.07, 6.45) is 5.81. The molecule has 53 valence electrons. The summed E-state index contributed by atoms with van der Waals surface area (Å²) in [5.41, 5.74) is 2.42. The fourth-order valence-corrected chi connectivity index (χ4v) is 0.847. The average Bonchev–Trinajstić information content (AvgIpc) is 2.05. The van der Waals surface area contributed by atoms with E-state index in [0.29, 0.717) is 0 Å². The highest BCUT2D eigenvalue weighted by Gasteiger charge is 1.91. The number of nitrogens with zero attached hydrogens (tertiary/aromatic N) is 1. The number of pyridine rings is 1. The Morgan fingerprint density at radius 2 is 1.70 bits per heavy atom. The van der Waals surface area contributed by atoms with Gasteiger partial charge in [-0.15, -0.1) is 0 Å². The number of rotatable bonds is 2. The lowest BCUT2D eigenvalue weighted by Gasteiger charge is -1.96. The Morgan fingerprint density at radius 1 is 1.20 bits per heavy atom. The molecule has 0 N–H and O–H groups in total. The van der Waals surface area contributed by atoms with Crippen LogP contribution in [0.3, 0.4) is 0 Å². The normalized spacial score (nSPS) is 9.80. The van der Waals surface area contributed by atoms with Gasteiger partial charge in [0.2, 0.25) is 0 Å². The van der Waals surface area contributed by atoms with E-state index in [0.717, 1.165) is 12.8 Å². The first-order chi connectivity index (χ1) is 4.86. The van der Waals surface area contributed by atoms with E-state index in [-0.39, 0.29) is 0 Å². The van der Waals surface area contributed by atoms with E-state index in [1.165, 1.54) is 11.1 Å². The van der Waals surface area contributed by atoms with Gasteiger partial charge in [0.05, 0.1) is 0 Å². The summed E-state index contributed by atoms with van der Waals surface area (Å²) in [5, 5.41) is 0. The molecule has 1 aromatic rings. The third kappa shape index (κ3) is 1.56. The molecule has 1 aromatic heterocycles. The van der Waals surface area contributed by atoms with E-state index in [1.54, 1.807) is 0 Å². The van der Waals surface area contributed by atoms with E-state index in [4.69, 9.17) is 0 Å². The lowest BCUT2D eigenvalue weighted by atomic mass is 10.1. The van der Waals surface area contributed by atoms with Crippen LogP contribution in [0.25, 0.3) is 0 Å². The van der Waals surface area contributed by atoms with Crippen LogP contribution in [0.1, 0.15) is 25.0 Å². The summed E-state index contributed by atoms with van der Waals surface area (Å²) in [6.45, 7) is 4.24. The molecule has 0 spiro atoms. The zero-order valence-corrected chi connectivity index (χ0v) is 6.52. The molecular formula is C9H12N. The van der Waals surface area contributed by atoms with Crippen molar-refractivity contribution < 1.29 is 0 Å². The second-order valence-electron chi connectivity index (χ2n) is 2.29. The van der Waals surface area contributed by atoms with Crippen LogP contribution in [0.4, 0.5) is 0 Å². The number of aryl methyl sites for hydroxylation is 2. The fourth-order valence-electron chi connectivity index (χ4n) is 0.847. The van der Waals surface area contributed by atoms with Crippen LogP contribution in [0.5, 0.6) is 0 Å². The van der Waals surface area contributed by atoms with Crippen molar-refractivity contribution in [2.75, 3.05) is 0 Å². The molecule has 0 saturated heterocycles. The van der Waals surface area contributed by atoms with Gasteiger partial charge in [-0.1, -0.05) is 13.8 Å². The first-order valence-electron chi connectivity index (χ1n) is 3.72. The summed E-state index contributed by atoms with van der Waals surface area (Å²) >= 11 is 0. The molecule has 1 nitrogen and oxygen atoms in total. The zero-order chi connectivity index (χ0) is 7.40. The molecule has 0 unspecified atom stereocenters. The van der Waals surface area contributed by atoms with Gasteiger partial charge in [0, 0.05) is 12.4 Å². The topological polar surface area (TPSA) is 12.9 Å². The van der Waals surface area contributed by atoms with Crippen molar-refractivity contribution in [3.05, 3.63) is 29.6 Å². The maximum absolute atomic E-state index is 4.10. The molecular weight excluding hydrogens is 122 g/mol. The molecule has 1 heteroatoms. The largest absolute Gasteiger partial charge is 0.264 e. The minimum absolute atomic E-state index is 1.03. The maximum atomic E-state index is 4.10. The molecule has 0 aromatic carbocycles. The SMILES string of the molecule is CCc1[c]c(CC)cnc1. The first-order valence-corrected chi connectivity index (χ1v) is 3.72. The van der Waals surface area contributed by atoms with Crippen molar-refractivity contribution in [1.82, 2.24) is 4.98 Å². The van der Waals surface area contributed by atoms with Gasteiger partial charge < -0.3 is 0 Å². The molecule has 0 aliphatic rings. The summed E-state index contributed by atoms with van der Waals surface area (Å²) < 4.78 is 0. The Balaban J connectivity index is 2.87. The van der Waals surface area contributed by atoms with Crippen LogP contribution in [-0.4, -0.2) is 4.98 Å². The highest BCUT2D eigenvalue weighted by molar-refractivity contribution is 5.15. The molecule has 1 heterocycles. The van der Waals surface area contributed by atoms with Crippen LogP contribution in [0, 0.1) is 6.07 Å². The molecule has 0 bridgehead atoms. The van der Waals surface area contributed by atoms with E-state index < -0.39 is 0 Å². The van der Waals surface area contributed by atoms with Gasteiger partial charge in [-0.2, -0.15) is 0 Å². The third-order valence-electron chi connectivity index (χ3n) is 1.54. The molecule has 0 saturated carbocycles. The summed E-state index contributed by atoms with van der Waals surface area (Å²) in [6, 6.07) is 3.28. The number of hydrogen-bond donors (Lipinski definition) is 0. The lowest BCUT2D eigenvalue weighted by Crippen LogP contribution is -1.87. The van der Waals surface area contributed by atoms with E-state index in [1.807, 2.05) is 12.4 Å². The van der Waals surface area contributed by atoms with Crippen LogP contribution >= 0.6 is 0 Å². The second-order valence-corrected chi connectivity index (χ2v) is 2.29. The van der Waals surface area contributed by atoms with Crippen molar-refractivity contribution in [2.45, 2.75) is 26.7 Å². The van der Waals surface area contributed by atoms with E-state index in [9.17, 15) is 0 Å². The Bertz CT molecular complexity index is 186. The average molecular weight is 134 g/mol. The Kier molecular flexibility index (Phi) is 2.43. The Labute approximate surface area is 62.1 Å². The van der Waals surface area contributed by atoms with Crippen molar-refractivity contribution in [2.24, 2.45) is 0 Å². The Morgan fingerprint density at radius 3 is 2.10 bits per heavy atom. The highest BCUT2D eigenvalue weighted by Crippen LogP contribution is 2.01. The van der Waals surface area contributed by atoms with Crippen LogP contribution < -0.4 is 0 Å². The summed E-state index contributed by atoms with van der Waals surface area (Å²) in [4.78, 5) is 4.10. The predicted molar refractivity (Wildman–Crippen MR) is 41.8 cm³/mol. The third-order valence-corrected chi connectivity index (χ3v) is 1.54. The zero-order valence-electron chi connectivity index (χ0n) is 6.52. The predicted octanol–water partition coefficient (Wildman–Crippen LogP) is 2.01. The molecule has 0 fully saturated rings. The molecule has 0 aliphatic carbocycles. The van der Waals surface area contributed by atoms with Crippen LogP contribution in [0.2, 0.25) is 0 Å². The molecule has 0 aliphatic heterocycles. The molecule has 0 atom stereocenters. The van der Waals surface area contributed by atoms with Gasteiger partial charge in [0.15, 0.2) is 0 Å². The van der Waals surface area contributed by atoms with E-state index >= 15 is 0 Å². The van der Waals surface area contributed by atoms with Crippen LogP contribution in [0.15, 0.2) is 12.4 Å². The maximum Gasteiger partial charge on any atom is 0.0306 e. The van der Waals surface area contributed by atoms with Crippen molar-refractivity contribution in [1.29, 1.82) is 0 Å². The van der Waals surface area contributed by atoms with Crippen molar-refractivity contribution in [3.8, 4) is 0 Å². The summed E-state index contributed by atoms with van der Waals surface area (Å²) in [7, 11) is 0. The minimum atomic E-state index is 1.03. The second kappa shape index (κ2) is 3.35. The monoisotopic (exact) mass is 134 g/mol. The van der Waals surface area contributed by atoms with Gasteiger partial charge in [0.1, 0.15) is 0 Å². The Hall–Kier alpha value is -0.850. The number of hydrogen-bond acceptors (Lipinski definition) is 1. The van der Waals surface area contributed by atoms with Gasteiger partial charge in [-0.3, -0.25) is 4.98 Å².